The number of aromatic nitrogens is 2. The van der Waals surface area contributed by atoms with Crippen LogP contribution in [0.3, 0.4) is 0 Å². The van der Waals surface area contributed by atoms with Crippen LogP contribution < -0.4 is 5.32 Å². The first-order chi connectivity index (χ1) is 12.1. The molecule has 25 heavy (non-hydrogen) atoms. The summed E-state index contributed by atoms with van der Waals surface area (Å²) < 4.78 is 11.5. The molecular formula is C17H26N4O4. The van der Waals surface area contributed by atoms with Gasteiger partial charge in [-0.15, -0.1) is 0 Å². The van der Waals surface area contributed by atoms with Crippen molar-refractivity contribution in [1.29, 1.82) is 0 Å². The molecule has 8 heteroatoms. The predicted molar refractivity (Wildman–Crippen MR) is 91.4 cm³/mol. The van der Waals surface area contributed by atoms with E-state index in [9.17, 15) is 4.79 Å². The van der Waals surface area contributed by atoms with E-state index in [2.05, 4.69) is 20.2 Å². The molecular weight excluding hydrogens is 324 g/mol. The molecule has 138 valence electrons. The van der Waals surface area contributed by atoms with E-state index in [1.165, 1.54) is 0 Å². The second-order valence-electron chi connectivity index (χ2n) is 6.80. The van der Waals surface area contributed by atoms with Crippen LogP contribution in [0.25, 0.3) is 0 Å². The topological polar surface area (TPSA) is 96.8 Å². The number of likely N-dealkylation sites (tertiary alicyclic amines) is 1. The van der Waals surface area contributed by atoms with Gasteiger partial charge in [-0.05, 0) is 25.7 Å². The third-order valence-electron chi connectivity index (χ3n) is 5.47. The van der Waals surface area contributed by atoms with E-state index in [-0.39, 0.29) is 18.2 Å². The molecule has 1 saturated carbocycles. The number of nitrogens with zero attached hydrogens (tertiary/aromatic N) is 3. The quantitative estimate of drug-likeness (QED) is 0.755. The Bertz CT molecular complexity index is 597. The van der Waals surface area contributed by atoms with E-state index in [0.717, 1.165) is 44.3 Å². The minimum Gasteiger partial charge on any atom is -0.480 e. The monoisotopic (exact) mass is 350 g/mol. The van der Waals surface area contributed by atoms with Crippen molar-refractivity contribution in [3.05, 3.63) is 18.0 Å². The fraction of sp³-hybridized carbons (Fsp3) is 0.706. The highest BCUT2D eigenvalue weighted by Crippen LogP contribution is 2.43. The van der Waals surface area contributed by atoms with Gasteiger partial charge in [0, 0.05) is 51.3 Å². The molecule has 0 spiro atoms. The second kappa shape index (κ2) is 7.63. The van der Waals surface area contributed by atoms with Crippen LogP contribution in [0.4, 0.5) is 5.95 Å². The minimum atomic E-state index is -0.939. The fourth-order valence-corrected chi connectivity index (χ4v) is 4.08. The van der Waals surface area contributed by atoms with Gasteiger partial charge in [-0.1, -0.05) is 0 Å². The number of carboxylic acids is 1. The van der Waals surface area contributed by atoms with Crippen LogP contribution >= 0.6 is 0 Å². The lowest BCUT2D eigenvalue weighted by Crippen LogP contribution is -2.51. The third-order valence-corrected chi connectivity index (χ3v) is 5.47. The summed E-state index contributed by atoms with van der Waals surface area (Å²) in [4.78, 5) is 21.4. The standard InChI is InChI=1S/C17H26N4O4/c1-24-13-3-4-17(25-2)5-6-21(14(17)7-13)11-12-8-18-16(19-9-12)20-10-15(22)23/h8-9,13-14H,3-7,10-11H2,1-2H3,(H,22,23)(H,18,19,20)/t13-,14-,17+/m1/s1. The Morgan fingerprint density at radius 2 is 2.16 bits per heavy atom. The van der Waals surface area contributed by atoms with Gasteiger partial charge in [0.1, 0.15) is 6.54 Å². The van der Waals surface area contributed by atoms with E-state index < -0.39 is 5.97 Å². The van der Waals surface area contributed by atoms with Crippen molar-refractivity contribution in [2.45, 2.75) is 50.0 Å². The molecule has 0 radical (unpaired) electrons. The molecule has 0 bridgehead atoms. The van der Waals surface area contributed by atoms with Crippen LogP contribution in [0, 0.1) is 0 Å². The summed E-state index contributed by atoms with van der Waals surface area (Å²) in [7, 11) is 3.59. The molecule has 1 aliphatic heterocycles. The van der Waals surface area contributed by atoms with Crippen LogP contribution in [-0.4, -0.2) is 71.0 Å². The highest BCUT2D eigenvalue weighted by Gasteiger charge is 2.50. The van der Waals surface area contributed by atoms with E-state index in [0.29, 0.717) is 12.0 Å². The highest BCUT2D eigenvalue weighted by atomic mass is 16.5. The van der Waals surface area contributed by atoms with E-state index >= 15 is 0 Å². The van der Waals surface area contributed by atoms with Crippen LogP contribution in [0.2, 0.25) is 0 Å². The normalized spacial score (nSPS) is 29.4. The van der Waals surface area contributed by atoms with E-state index in [4.69, 9.17) is 14.6 Å². The first-order valence-corrected chi connectivity index (χ1v) is 8.65. The maximum atomic E-state index is 10.6. The molecule has 1 aromatic heterocycles. The van der Waals surface area contributed by atoms with Crippen molar-refractivity contribution >= 4 is 11.9 Å². The molecule has 3 atom stereocenters. The zero-order valence-corrected chi connectivity index (χ0v) is 14.8. The summed E-state index contributed by atoms with van der Waals surface area (Å²) >= 11 is 0. The Morgan fingerprint density at radius 3 is 2.80 bits per heavy atom. The number of aliphatic carboxylic acids is 1. The van der Waals surface area contributed by atoms with Crippen molar-refractivity contribution in [3.8, 4) is 0 Å². The molecule has 1 aromatic rings. The van der Waals surface area contributed by atoms with Gasteiger partial charge in [-0.25, -0.2) is 9.97 Å². The zero-order valence-electron chi connectivity index (χ0n) is 14.8. The first-order valence-electron chi connectivity index (χ1n) is 8.65. The number of anilines is 1. The molecule has 1 saturated heterocycles. The lowest BCUT2D eigenvalue weighted by atomic mass is 9.79. The van der Waals surface area contributed by atoms with Crippen molar-refractivity contribution in [3.63, 3.8) is 0 Å². The highest BCUT2D eigenvalue weighted by molar-refractivity contribution is 5.71. The maximum Gasteiger partial charge on any atom is 0.322 e. The van der Waals surface area contributed by atoms with Gasteiger partial charge in [0.25, 0.3) is 0 Å². The van der Waals surface area contributed by atoms with Crippen molar-refractivity contribution in [2.75, 3.05) is 32.6 Å². The number of carbonyl (C=O) groups is 1. The molecule has 2 heterocycles. The number of nitrogens with one attached hydrogen (secondary N) is 1. The Balaban J connectivity index is 1.65. The molecule has 3 rings (SSSR count). The van der Waals surface area contributed by atoms with E-state index in [1.807, 2.05) is 7.11 Å². The van der Waals surface area contributed by atoms with Crippen LogP contribution in [0.5, 0.6) is 0 Å². The van der Waals surface area contributed by atoms with Gasteiger partial charge in [-0.3, -0.25) is 9.69 Å². The Morgan fingerprint density at radius 1 is 1.40 bits per heavy atom. The number of hydrogen-bond donors (Lipinski definition) is 2. The van der Waals surface area contributed by atoms with Gasteiger partial charge in [0.2, 0.25) is 5.95 Å². The Hall–Kier alpha value is -1.77. The van der Waals surface area contributed by atoms with Gasteiger partial charge in [0.05, 0.1) is 11.7 Å². The average Bonchev–Trinajstić information content (AvgIpc) is 2.99. The zero-order chi connectivity index (χ0) is 17.9. The molecule has 0 unspecified atom stereocenters. The lowest BCUT2D eigenvalue weighted by molar-refractivity contribution is -0.134. The smallest absolute Gasteiger partial charge is 0.322 e. The largest absolute Gasteiger partial charge is 0.480 e. The number of hydrogen-bond acceptors (Lipinski definition) is 7. The van der Waals surface area contributed by atoms with Crippen molar-refractivity contribution < 1.29 is 19.4 Å². The maximum absolute atomic E-state index is 10.6. The number of fused-ring (bicyclic) bond motifs is 1. The fourth-order valence-electron chi connectivity index (χ4n) is 4.08. The Kier molecular flexibility index (Phi) is 5.51. The van der Waals surface area contributed by atoms with Crippen LogP contribution in [0.15, 0.2) is 12.4 Å². The molecule has 0 amide bonds. The summed E-state index contributed by atoms with van der Waals surface area (Å²) in [5.74, 6) is -0.610. The summed E-state index contributed by atoms with van der Waals surface area (Å²) in [5.41, 5.74) is 0.936. The first kappa shape index (κ1) is 18.0. The van der Waals surface area contributed by atoms with Crippen LogP contribution in [-0.2, 0) is 20.8 Å². The molecule has 8 nitrogen and oxygen atoms in total. The summed E-state index contributed by atoms with van der Waals surface area (Å²) in [5, 5.41) is 11.3. The molecule has 2 fully saturated rings. The Labute approximate surface area is 147 Å². The molecule has 2 N–H and O–H groups in total. The molecule has 2 aliphatic rings. The number of rotatable bonds is 7. The number of carboxylic acid groups (broad SMARTS) is 1. The SMILES string of the molecule is CO[C@@H]1CC[C@]2(OC)CCN(Cc3cnc(NCC(=O)O)nc3)[C@@H]2C1. The minimum absolute atomic E-state index is 0.0706. The van der Waals surface area contributed by atoms with Gasteiger partial charge < -0.3 is 19.9 Å². The van der Waals surface area contributed by atoms with E-state index in [1.54, 1.807) is 19.5 Å². The van der Waals surface area contributed by atoms with Gasteiger partial charge in [-0.2, -0.15) is 0 Å². The van der Waals surface area contributed by atoms with Gasteiger partial charge >= 0.3 is 5.97 Å². The lowest BCUT2D eigenvalue weighted by Gasteiger charge is -2.43. The van der Waals surface area contributed by atoms with Crippen molar-refractivity contribution in [1.82, 2.24) is 14.9 Å². The average molecular weight is 350 g/mol. The number of methoxy groups -OCH3 is 2. The summed E-state index contributed by atoms with van der Waals surface area (Å²) in [6.07, 6.45) is 7.86. The van der Waals surface area contributed by atoms with Crippen LogP contribution in [0.1, 0.15) is 31.2 Å². The third kappa shape index (κ3) is 3.91. The molecule has 0 aromatic carbocycles. The second-order valence-corrected chi connectivity index (χ2v) is 6.80. The predicted octanol–water partition coefficient (Wildman–Crippen LogP) is 1.13. The summed E-state index contributed by atoms with van der Waals surface area (Å²) in [6, 6.07) is 0.334. The summed E-state index contributed by atoms with van der Waals surface area (Å²) in [6.45, 7) is 1.54. The molecule has 1 aliphatic carbocycles. The van der Waals surface area contributed by atoms with Crippen molar-refractivity contribution in [2.24, 2.45) is 0 Å². The van der Waals surface area contributed by atoms with Gasteiger partial charge in [0.15, 0.2) is 0 Å². The number of ether oxygens (including phenoxy) is 2.